The van der Waals surface area contributed by atoms with Crippen LogP contribution in [0.2, 0.25) is 0 Å². The number of hydrogen-bond donors (Lipinski definition) is 1. The maximum atomic E-state index is 10.9. The fraction of sp³-hybridized carbons (Fsp3) is 0. The zero-order chi connectivity index (χ0) is 11.0. The molecule has 3 rings (SSSR count). The number of rotatable bonds is 1. The fourth-order valence-electron chi connectivity index (χ4n) is 1.76. The van der Waals surface area contributed by atoms with Crippen LogP contribution in [0.15, 0.2) is 51.7 Å². The first-order valence-electron chi connectivity index (χ1n) is 4.88. The van der Waals surface area contributed by atoms with Gasteiger partial charge in [-0.15, -0.1) is 5.10 Å². The first-order chi connectivity index (χ1) is 7.84. The Morgan fingerprint density at radius 3 is 2.69 bits per heavy atom. The average Bonchev–Trinajstić information content (AvgIpc) is 2.75. The lowest BCUT2D eigenvalue weighted by Gasteiger charge is -2.01. The maximum Gasteiger partial charge on any atom is 0.434 e. The molecule has 0 saturated carbocycles. The fourth-order valence-corrected chi connectivity index (χ4v) is 1.76. The van der Waals surface area contributed by atoms with Crippen molar-refractivity contribution in [1.82, 2.24) is 10.2 Å². The summed E-state index contributed by atoms with van der Waals surface area (Å²) in [6.45, 7) is 0. The normalized spacial score (nSPS) is 10.8. The topological polar surface area (TPSA) is 58.9 Å². The van der Waals surface area contributed by atoms with Gasteiger partial charge in [-0.1, -0.05) is 36.4 Å². The third kappa shape index (κ3) is 1.32. The molecule has 0 aliphatic rings. The predicted octanol–water partition coefficient (Wildman–Crippen LogP) is 2.18. The van der Waals surface area contributed by atoms with Gasteiger partial charge in [-0.05, 0) is 16.8 Å². The first-order valence-corrected chi connectivity index (χ1v) is 4.88. The molecule has 16 heavy (non-hydrogen) atoms. The van der Waals surface area contributed by atoms with E-state index in [2.05, 4.69) is 10.2 Å². The highest BCUT2D eigenvalue weighted by Gasteiger charge is 2.08. The standard InChI is InChI=1S/C12H8N2O2/c15-12-14-13-11(16-12)10-7-3-5-8-4-1-2-6-9(8)10/h1-7H,(H,14,15). The Hall–Kier alpha value is -2.36. The van der Waals surface area contributed by atoms with Crippen molar-refractivity contribution < 1.29 is 4.42 Å². The summed E-state index contributed by atoms with van der Waals surface area (Å²) in [5.41, 5.74) is 0.816. The molecule has 0 spiro atoms. The second-order valence-electron chi connectivity index (χ2n) is 3.44. The molecular formula is C12H8N2O2. The van der Waals surface area contributed by atoms with Gasteiger partial charge in [-0.3, -0.25) is 0 Å². The lowest BCUT2D eigenvalue weighted by atomic mass is 10.0. The van der Waals surface area contributed by atoms with Crippen molar-refractivity contribution in [1.29, 1.82) is 0 Å². The van der Waals surface area contributed by atoms with Crippen molar-refractivity contribution in [2.45, 2.75) is 0 Å². The highest BCUT2D eigenvalue weighted by Crippen LogP contribution is 2.25. The van der Waals surface area contributed by atoms with E-state index < -0.39 is 5.76 Å². The number of hydrogen-bond acceptors (Lipinski definition) is 3. The van der Waals surface area contributed by atoms with Gasteiger partial charge in [0.2, 0.25) is 5.89 Å². The van der Waals surface area contributed by atoms with Crippen molar-refractivity contribution >= 4 is 10.8 Å². The number of nitrogens with one attached hydrogen (secondary N) is 1. The van der Waals surface area contributed by atoms with Crippen molar-refractivity contribution in [2.24, 2.45) is 0 Å². The van der Waals surface area contributed by atoms with Gasteiger partial charge in [0.15, 0.2) is 0 Å². The molecule has 0 atom stereocenters. The molecule has 78 valence electrons. The van der Waals surface area contributed by atoms with Gasteiger partial charge in [-0.25, -0.2) is 9.89 Å². The van der Waals surface area contributed by atoms with Gasteiger partial charge in [0.25, 0.3) is 0 Å². The second-order valence-corrected chi connectivity index (χ2v) is 3.44. The molecule has 0 aliphatic heterocycles. The lowest BCUT2D eigenvalue weighted by molar-refractivity contribution is 0.527. The van der Waals surface area contributed by atoms with E-state index >= 15 is 0 Å². The summed E-state index contributed by atoms with van der Waals surface area (Å²) in [5.74, 6) is -0.218. The van der Waals surface area contributed by atoms with Gasteiger partial charge < -0.3 is 4.42 Å². The molecule has 2 aromatic carbocycles. The minimum absolute atomic E-state index is 0.321. The van der Waals surface area contributed by atoms with Gasteiger partial charge in [0.1, 0.15) is 0 Å². The third-order valence-corrected chi connectivity index (χ3v) is 2.46. The quantitative estimate of drug-likeness (QED) is 0.672. The van der Waals surface area contributed by atoms with Crippen LogP contribution in [-0.4, -0.2) is 10.2 Å². The van der Waals surface area contributed by atoms with E-state index in [9.17, 15) is 4.79 Å². The largest absolute Gasteiger partial charge is 0.434 e. The molecule has 0 radical (unpaired) electrons. The summed E-state index contributed by atoms with van der Waals surface area (Å²) in [5, 5.41) is 8.19. The van der Waals surface area contributed by atoms with Crippen LogP contribution < -0.4 is 5.76 Å². The van der Waals surface area contributed by atoms with Crippen LogP contribution in [-0.2, 0) is 0 Å². The van der Waals surface area contributed by atoms with E-state index in [1.807, 2.05) is 42.5 Å². The summed E-state index contributed by atoms with van der Waals surface area (Å²) < 4.78 is 4.96. The monoisotopic (exact) mass is 212 g/mol. The number of aromatic nitrogens is 2. The minimum atomic E-state index is -0.539. The van der Waals surface area contributed by atoms with Crippen molar-refractivity contribution in [3.63, 3.8) is 0 Å². The summed E-state index contributed by atoms with van der Waals surface area (Å²) >= 11 is 0. The van der Waals surface area contributed by atoms with E-state index in [-0.39, 0.29) is 0 Å². The van der Waals surface area contributed by atoms with Crippen LogP contribution in [0.3, 0.4) is 0 Å². The van der Waals surface area contributed by atoms with Crippen LogP contribution >= 0.6 is 0 Å². The highest BCUT2D eigenvalue weighted by molar-refractivity contribution is 5.94. The summed E-state index contributed by atoms with van der Waals surface area (Å²) in [6, 6.07) is 13.7. The van der Waals surface area contributed by atoms with Crippen LogP contribution in [0.25, 0.3) is 22.2 Å². The summed E-state index contributed by atoms with van der Waals surface area (Å²) in [4.78, 5) is 10.9. The van der Waals surface area contributed by atoms with E-state index in [1.165, 1.54) is 0 Å². The molecule has 0 aliphatic carbocycles. The zero-order valence-electron chi connectivity index (χ0n) is 8.31. The molecule has 4 heteroatoms. The van der Waals surface area contributed by atoms with E-state index in [0.717, 1.165) is 16.3 Å². The van der Waals surface area contributed by atoms with Crippen molar-refractivity contribution in [3.05, 3.63) is 53.0 Å². The molecule has 0 unspecified atom stereocenters. The van der Waals surface area contributed by atoms with Crippen molar-refractivity contribution in [2.75, 3.05) is 0 Å². The van der Waals surface area contributed by atoms with Crippen LogP contribution in [0.5, 0.6) is 0 Å². The Morgan fingerprint density at radius 2 is 1.88 bits per heavy atom. The van der Waals surface area contributed by atoms with E-state index in [0.29, 0.717) is 5.89 Å². The smallest absolute Gasteiger partial charge is 0.388 e. The summed E-state index contributed by atoms with van der Waals surface area (Å²) in [6.07, 6.45) is 0. The zero-order valence-corrected chi connectivity index (χ0v) is 8.31. The number of fused-ring (bicyclic) bond motifs is 1. The molecule has 1 heterocycles. The van der Waals surface area contributed by atoms with Crippen molar-refractivity contribution in [3.8, 4) is 11.5 Å². The summed E-state index contributed by atoms with van der Waals surface area (Å²) in [7, 11) is 0. The average molecular weight is 212 g/mol. The minimum Gasteiger partial charge on any atom is -0.388 e. The molecule has 4 nitrogen and oxygen atoms in total. The molecule has 0 saturated heterocycles. The molecule has 3 aromatic rings. The van der Waals surface area contributed by atoms with Crippen LogP contribution in [0.1, 0.15) is 0 Å². The Balaban J connectivity index is 2.35. The van der Waals surface area contributed by atoms with Gasteiger partial charge in [0.05, 0.1) is 0 Å². The predicted molar refractivity (Wildman–Crippen MR) is 60.1 cm³/mol. The molecule has 0 fully saturated rings. The number of nitrogens with zero attached hydrogens (tertiary/aromatic N) is 1. The number of aromatic amines is 1. The van der Waals surface area contributed by atoms with E-state index in [1.54, 1.807) is 0 Å². The number of benzene rings is 2. The van der Waals surface area contributed by atoms with Gasteiger partial charge in [0, 0.05) is 5.56 Å². The highest BCUT2D eigenvalue weighted by atomic mass is 16.4. The third-order valence-electron chi connectivity index (χ3n) is 2.46. The Kier molecular flexibility index (Phi) is 1.86. The van der Waals surface area contributed by atoms with E-state index in [4.69, 9.17) is 4.42 Å². The lowest BCUT2D eigenvalue weighted by Crippen LogP contribution is -1.93. The first kappa shape index (κ1) is 8.91. The molecule has 0 amide bonds. The van der Waals surface area contributed by atoms with Gasteiger partial charge in [-0.2, -0.15) is 0 Å². The Morgan fingerprint density at radius 1 is 1.06 bits per heavy atom. The molecular weight excluding hydrogens is 204 g/mol. The number of H-pyrrole nitrogens is 1. The van der Waals surface area contributed by atoms with Gasteiger partial charge >= 0.3 is 5.76 Å². The SMILES string of the molecule is O=c1[nH]nc(-c2cccc3ccccc23)o1. The van der Waals surface area contributed by atoms with Crippen LogP contribution in [0.4, 0.5) is 0 Å². The molecule has 1 N–H and O–H groups in total. The Bertz CT molecular complexity index is 692. The second kappa shape index (κ2) is 3.34. The Labute approximate surface area is 90.5 Å². The maximum absolute atomic E-state index is 10.9. The molecule has 1 aromatic heterocycles. The van der Waals surface area contributed by atoms with Crippen LogP contribution in [0, 0.1) is 0 Å². The molecule has 0 bridgehead atoms.